The number of H-pyrrole nitrogens is 1. The van der Waals surface area contributed by atoms with E-state index in [-0.39, 0.29) is 22.7 Å². The lowest BCUT2D eigenvalue weighted by atomic mass is 9.83. The summed E-state index contributed by atoms with van der Waals surface area (Å²) in [6, 6.07) is 13.0. The number of halogens is 1. The number of aromatic amines is 1. The fourth-order valence-electron chi connectivity index (χ4n) is 3.51. The SMILES string of the molecule is COc1cc(C(=O)N(C)Cc2ccc(F)cc2)c(-c2ccc[nH]c2=O)cc1C(C)(C)C. The van der Waals surface area contributed by atoms with Crippen molar-refractivity contribution in [1.82, 2.24) is 9.88 Å². The Balaban J connectivity index is 2.13. The van der Waals surface area contributed by atoms with E-state index in [9.17, 15) is 14.0 Å². The van der Waals surface area contributed by atoms with Crippen LogP contribution in [0.25, 0.3) is 11.1 Å². The fourth-order valence-corrected chi connectivity index (χ4v) is 3.51. The third-order valence-corrected chi connectivity index (χ3v) is 5.17. The van der Waals surface area contributed by atoms with E-state index in [1.54, 1.807) is 55.6 Å². The summed E-state index contributed by atoms with van der Waals surface area (Å²) in [6.45, 7) is 6.44. The molecule has 0 unspecified atom stereocenters. The number of nitrogens with zero attached hydrogens (tertiary/aromatic N) is 1. The van der Waals surface area contributed by atoms with Crippen molar-refractivity contribution >= 4 is 5.91 Å². The van der Waals surface area contributed by atoms with Gasteiger partial charge in [-0.25, -0.2) is 4.39 Å². The summed E-state index contributed by atoms with van der Waals surface area (Å²) in [5, 5.41) is 0. The van der Waals surface area contributed by atoms with E-state index in [1.165, 1.54) is 12.1 Å². The first-order valence-electron chi connectivity index (χ1n) is 10.0. The topological polar surface area (TPSA) is 62.4 Å². The van der Waals surface area contributed by atoms with Crippen molar-refractivity contribution in [3.63, 3.8) is 0 Å². The van der Waals surface area contributed by atoms with Crippen molar-refractivity contribution in [3.05, 3.63) is 87.6 Å². The van der Waals surface area contributed by atoms with E-state index in [2.05, 4.69) is 4.98 Å². The molecular weight excluding hydrogens is 395 g/mol. The number of hydrogen-bond donors (Lipinski definition) is 1. The molecule has 0 aliphatic heterocycles. The number of hydrogen-bond acceptors (Lipinski definition) is 3. The standard InChI is InChI=1S/C25H27FN2O3/c1-25(2,3)21-13-19(18-7-6-12-27-23(18)29)20(14-22(21)31-5)24(30)28(4)15-16-8-10-17(26)11-9-16/h6-14H,15H2,1-5H3,(H,27,29). The molecule has 31 heavy (non-hydrogen) atoms. The number of amides is 1. The Kier molecular flexibility index (Phi) is 6.29. The molecule has 5 nitrogen and oxygen atoms in total. The third-order valence-electron chi connectivity index (χ3n) is 5.17. The predicted octanol–water partition coefficient (Wildman–Crippen LogP) is 4.76. The maximum absolute atomic E-state index is 13.4. The second kappa shape index (κ2) is 8.76. The average Bonchev–Trinajstić information content (AvgIpc) is 2.73. The van der Waals surface area contributed by atoms with Gasteiger partial charge in [0, 0.05) is 36.5 Å². The van der Waals surface area contributed by atoms with Crippen LogP contribution in [-0.4, -0.2) is 29.9 Å². The minimum absolute atomic E-state index is 0.261. The summed E-state index contributed by atoms with van der Waals surface area (Å²) in [7, 11) is 3.24. The Labute approximate surface area is 181 Å². The van der Waals surface area contributed by atoms with Gasteiger partial charge in [0.25, 0.3) is 11.5 Å². The highest BCUT2D eigenvalue weighted by atomic mass is 19.1. The van der Waals surface area contributed by atoms with Crippen LogP contribution < -0.4 is 10.3 Å². The zero-order valence-electron chi connectivity index (χ0n) is 18.5. The lowest BCUT2D eigenvalue weighted by Crippen LogP contribution is -2.27. The number of aromatic nitrogens is 1. The second-order valence-corrected chi connectivity index (χ2v) is 8.55. The van der Waals surface area contributed by atoms with Gasteiger partial charge in [-0.05, 0) is 47.4 Å². The number of carbonyl (C=O) groups is 1. The smallest absolute Gasteiger partial charge is 0.255 e. The molecule has 1 heterocycles. The number of pyridine rings is 1. The molecule has 0 saturated heterocycles. The van der Waals surface area contributed by atoms with Crippen LogP contribution in [-0.2, 0) is 12.0 Å². The minimum atomic E-state index is -0.328. The van der Waals surface area contributed by atoms with Gasteiger partial charge in [-0.1, -0.05) is 32.9 Å². The van der Waals surface area contributed by atoms with Crippen molar-refractivity contribution < 1.29 is 13.9 Å². The summed E-state index contributed by atoms with van der Waals surface area (Å²) in [6.07, 6.45) is 1.56. The van der Waals surface area contributed by atoms with Gasteiger partial charge in [-0.2, -0.15) is 0 Å². The highest BCUT2D eigenvalue weighted by Gasteiger charge is 2.26. The molecule has 3 rings (SSSR count). The first kappa shape index (κ1) is 22.3. The van der Waals surface area contributed by atoms with Gasteiger partial charge in [0.2, 0.25) is 0 Å². The molecule has 162 valence electrons. The number of carbonyl (C=O) groups excluding carboxylic acids is 1. The van der Waals surface area contributed by atoms with E-state index >= 15 is 0 Å². The minimum Gasteiger partial charge on any atom is -0.496 e. The average molecular weight is 423 g/mol. The van der Waals surface area contributed by atoms with Gasteiger partial charge in [0.05, 0.1) is 12.7 Å². The summed E-state index contributed by atoms with van der Waals surface area (Å²) >= 11 is 0. The van der Waals surface area contributed by atoms with Crippen LogP contribution in [0.2, 0.25) is 0 Å². The summed E-state index contributed by atoms with van der Waals surface area (Å²) in [5.74, 6) is -0.00527. The van der Waals surface area contributed by atoms with Crippen LogP contribution in [0.15, 0.2) is 59.5 Å². The number of methoxy groups -OCH3 is 1. The van der Waals surface area contributed by atoms with E-state index in [1.807, 2.05) is 26.8 Å². The van der Waals surface area contributed by atoms with Crippen molar-refractivity contribution in [2.45, 2.75) is 32.7 Å². The molecule has 0 aliphatic rings. The van der Waals surface area contributed by atoms with Crippen LogP contribution >= 0.6 is 0 Å². The van der Waals surface area contributed by atoms with E-state index in [0.717, 1.165) is 11.1 Å². The Hall–Kier alpha value is -3.41. The molecule has 0 radical (unpaired) electrons. The molecule has 3 aromatic rings. The molecule has 0 bridgehead atoms. The van der Waals surface area contributed by atoms with Crippen LogP contribution in [0.3, 0.4) is 0 Å². The zero-order chi connectivity index (χ0) is 22.8. The van der Waals surface area contributed by atoms with Gasteiger partial charge < -0.3 is 14.6 Å². The molecule has 1 amide bonds. The van der Waals surface area contributed by atoms with Gasteiger partial charge in [0.15, 0.2) is 0 Å². The number of benzene rings is 2. The van der Waals surface area contributed by atoms with Crippen LogP contribution in [0.5, 0.6) is 5.75 Å². The van der Waals surface area contributed by atoms with Crippen LogP contribution in [0.4, 0.5) is 4.39 Å². The molecule has 6 heteroatoms. The van der Waals surface area contributed by atoms with E-state index < -0.39 is 0 Å². The Bertz CT molecular complexity index is 1140. The molecule has 2 aromatic carbocycles. The Morgan fingerprint density at radius 2 is 1.77 bits per heavy atom. The zero-order valence-corrected chi connectivity index (χ0v) is 18.5. The highest BCUT2D eigenvalue weighted by Crippen LogP contribution is 2.37. The van der Waals surface area contributed by atoms with Crippen molar-refractivity contribution in [2.75, 3.05) is 14.2 Å². The Morgan fingerprint density at radius 1 is 1.10 bits per heavy atom. The first-order chi connectivity index (χ1) is 14.6. The highest BCUT2D eigenvalue weighted by molar-refractivity contribution is 6.01. The molecular formula is C25H27FN2O3. The quantitative estimate of drug-likeness (QED) is 0.645. The summed E-state index contributed by atoms with van der Waals surface area (Å²) in [4.78, 5) is 30.2. The fraction of sp³-hybridized carbons (Fsp3) is 0.280. The maximum atomic E-state index is 13.4. The molecule has 0 fully saturated rings. The van der Waals surface area contributed by atoms with Crippen molar-refractivity contribution in [2.24, 2.45) is 0 Å². The maximum Gasteiger partial charge on any atom is 0.255 e. The second-order valence-electron chi connectivity index (χ2n) is 8.55. The Morgan fingerprint density at radius 3 is 2.35 bits per heavy atom. The van der Waals surface area contributed by atoms with E-state index in [0.29, 0.717) is 29.0 Å². The normalized spacial score (nSPS) is 11.3. The lowest BCUT2D eigenvalue weighted by Gasteiger charge is -2.26. The van der Waals surface area contributed by atoms with E-state index in [4.69, 9.17) is 4.74 Å². The van der Waals surface area contributed by atoms with Crippen molar-refractivity contribution in [1.29, 1.82) is 0 Å². The molecule has 1 N–H and O–H groups in total. The number of ether oxygens (including phenoxy) is 1. The molecule has 0 spiro atoms. The van der Waals surface area contributed by atoms with Gasteiger partial charge in [-0.3, -0.25) is 9.59 Å². The largest absolute Gasteiger partial charge is 0.496 e. The van der Waals surface area contributed by atoms with Crippen LogP contribution in [0, 0.1) is 5.82 Å². The monoisotopic (exact) mass is 422 g/mol. The molecule has 1 aromatic heterocycles. The predicted molar refractivity (Wildman–Crippen MR) is 120 cm³/mol. The van der Waals surface area contributed by atoms with Gasteiger partial charge in [-0.15, -0.1) is 0 Å². The van der Waals surface area contributed by atoms with Gasteiger partial charge in [0.1, 0.15) is 11.6 Å². The number of rotatable bonds is 5. The first-order valence-corrected chi connectivity index (χ1v) is 10.0. The summed E-state index contributed by atoms with van der Waals surface area (Å²) < 4.78 is 18.8. The number of nitrogens with one attached hydrogen (secondary N) is 1. The lowest BCUT2D eigenvalue weighted by molar-refractivity contribution is 0.0785. The van der Waals surface area contributed by atoms with Gasteiger partial charge >= 0.3 is 0 Å². The van der Waals surface area contributed by atoms with Crippen LogP contribution in [0.1, 0.15) is 42.3 Å². The third kappa shape index (κ3) is 4.85. The molecule has 0 saturated carbocycles. The molecule has 0 aliphatic carbocycles. The molecule has 0 atom stereocenters. The summed E-state index contributed by atoms with van der Waals surface area (Å²) in [5.41, 5.74) is 2.48. The van der Waals surface area contributed by atoms with Crippen molar-refractivity contribution in [3.8, 4) is 16.9 Å².